The van der Waals surface area contributed by atoms with Crippen LogP contribution in [-0.4, -0.2) is 11.4 Å². The summed E-state index contributed by atoms with van der Waals surface area (Å²) in [4.78, 5) is 11.3. The van der Waals surface area contributed by atoms with Gasteiger partial charge in [-0.05, 0) is 39.7 Å². The summed E-state index contributed by atoms with van der Waals surface area (Å²) in [5, 5.41) is 2.90. The zero-order valence-electron chi connectivity index (χ0n) is 10.6. The standard InChI is InChI=1S/C13H25NO/c1-5-6-7-8-9-10-11-12(15)14-13(2,3)4/h10-11H,5-9H2,1-4H3,(H,14,15)/b11-10+. The molecule has 0 radical (unpaired) electrons. The van der Waals surface area contributed by atoms with Crippen molar-refractivity contribution in [2.24, 2.45) is 0 Å². The van der Waals surface area contributed by atoms with Crippen LogP contribution in [-0.2, 0) is 4.79 Å². The first-order chi connectivity index (χ1) is 6.95. The van der Waals surface area contributed by atoms with E-state index in [9.17, 15) is 4.79 Å². The lowest BCUT2D eigenvalue weighted by Crippen LogP contribution is -2.39. The number of carbonyl (C=O) groups excluding carboxylic acids is 1. The Labute approximate surface area is 94.1 Å². The van der Waals surface area contributed by atoms with Gasteiger partial charge in [-0.1, -0.05) is 32.3 Å². The van der Waals surface area contributed by atoms with Crippen LogP contribution >= 0.6 is 0 Å². The molecule has 0 aromatic heterocycles. The van der Waals surface area contributed by atoms with Crippen LogP contribution in [0.3, 0.4) is 0 Å². The minimum absolute atomic E-state index is 0.0120. The lowest BCUT2D eigenvalue weighted by atomic mass is 10.1. The quantitative estimate of drug-likeness (QED) is 0.529. The molecular weight excluding hydrogens is 186 g/mol. The summed E-state index contributed by atoms with van der Waals surface area (Å²) in [6.45, 7) is 8.16. The zero-order valence-corrected chi connectivity index (χ0v) is 10.6. The molecule has 0 saturated carbocycles. The van der Waals surface area contributed by atoms with Crippen molar-refractivity contribution in [3.8, 4) is 0 Å². The second kappa shape index (κ2) is 7.49. The van der Waals surface area contributed by atoms with Crippen LogP contribution in [0.15, 0.2) is 12.2 Å². The minimum Gasteiger partial charge on any atom is -0.348 e. The largest absolute Gasteiger partial charge is 0.348 e. The van der Waals surface area contributed by atoms with Gasteiger partial charge in [0.05, 0.1) is 0 Å². The highest BCUT2D eigenvalue weighted by Crippen LogP contribution is 2.03. The first-order valence-corrected chi connectivity index (χ1v) is 5.94. The van der Waals surface area contributed by atoms with Gasteiger partial charge in [0.25, 0.3) is 0 Å². The molecule has 0 atom stereocenters. The molecule has 15 heavy (non-hydrogen) atoms. The topological polar surface area (TPSA) is 29.1 Å². The maximum Gasteiger partial charge on any atom is 0.244 e. The van der Waals surface area contributed by atoms with E-state index in [2.05, 4.69) is 12.2 Å². The Balaban J connectivity index is 3.55. The number of nitrogens with one attached hydrogen (secondary N) is 1. The van der Waals surface area contributed by atoms with Crippen molar-refractivity contribution < 1.29 is 4.79 Å². The van der Waals surface area contributed by atoms with Crippen LogP contribution in [0.5, 0.6) is 0 Å². The van der Waals surface area contributed by atoms with Crippen molar-refractivity contribution in [3.05, 3.63) is 12.2 Å². The van der Waals surface area contributed by atoms with Crippen LogP contribution in [0.4, 0.5) is 0 Å². The number of hydrogen-bond acceptors (Lipinski definition) is 1. The average molecular weight is 211 g/mol. The Kier molecular flexibility index (Phi) is 7.10. The summed E-state index contributed by atoms with van der Waals surface area (Å²) in [5.74, 6) is 0.0120. The molecule has 0 aliphatic heterocycles. The van der Waals surface area contributed by atoms with Crippen molar-refractivity contribution in [1.82, 2.24) is 5.32 Å². The molecule has 0 saturated heterocycles. The fraction of sp³-hybridized carbons (Fsp3) is 0.769. The van der Waals surface area contributed by atoms with Crippen molar-refractivity contribution in [2.45, 2.75) is 65.3 Å². The fourth-order valence-corrected chi connectivity index (χ4v) is 1.29. The SMILES string of the molecule is CCCCCC/C=C/C(=O)NC(C)(C)C. The molecule has 0 aliphatic rings. The summed E-state index contributed by atoms with van der Waals surface area (Å²) >= 11 is 0. The first-order valence-electron chi connectivity index (χ1n) is 5.94. The van der Waals surface area contributed by atoms with Gasteiger partial charge < -0.3 is 5.32 Å². The van der Waals surface area contributed by atoms with E-state index in [4.69, 9.17) is 0 Å². The maximum absolute atomic E-state index is 11.3. The van der Waals surface area contributed by atoms with Gasteiger partial charge in [0.15, 0.2) is 0 Å². The molecule has 0 rings (SSSR count). The maximum atomic E-state index is 11.3. The first kappa shape index (κ1) is 14.2. The van der Waals surface area contributed by atoms with Gasteiger partial charge in [-0.15, -0.1) is 0 Å². The van der Waals surface area contributed by atoms with Gasteiger partial charge in [0.1, 0.15) is 0 Å². The van der Waals surface area contributed by atoms with Crippen molar-refractivity contribution in [1.29, 1.82) is 0 Å². The van der Waals surface area contributed by atoms with E-state index in [0.717, 1.165) is 6.42 Å². The molecule has 88 valence electrons. The van der Waals surface area contributed by atoms with Gasteiger partial charge in [-0.2, -0.15) is 0 Å². The van der Waals surface area contributed by atoms with E-state index in [1.165, 1.54) is 25.7 Å². The van der Waals surface area contributed by atoms with Crippen molar-refractivity contribution in [2.75, 3.05) is 0 Å². The number of amides is 1. The molecule has 2 nitrogen and oxygen atoms in total. The Bertz CT molecular complexity index is 201. The van der Waals surface area contributed by atoms with E-state index < -0.39 is 0 Å². The van der Waals surface area contributed by atoms with Crippen LogP contribution in [0, 0.1) is 0 Å². The summed E-state index contributed by atoms with van der Waals surface area (Å²) in [5.41, 5.74) is -0.135. The van der Waals surface area contributed by atoms with E-state index in [1.807, 2.05) is 26.8 Å². The predicted octanol–water partition coefficient (Wildman–Crippen LogP) is 3.43. The predicted molar refractivity (Wildman–Crippen MR) is 65.8 cm³/mol. The lowest BCUT2D eigenvalue weighted by molar-refractivity contribution is -0.117. The number of allylic oxidation sites excluding steroid dienone is 1. The second-order valence-corrected chi connectivity index (χ2v) is 4.99. The highest BCUT2D eigenvalue weighted by Gasteiger charge is 2.10. The molecule has 0 bridgehead atoms. The molecule has 2 heteroatoms. The number of unbranched alkanes of at least 4 members (excludes halogenated alkanes) is 4. The molecule has 0 spiro atoms. The highest BCUT2D eigenvalue weighted by molar-refractivity contribution is 5.87. The Morgan fingerprint density at radius 2 is 1.87 bits per heavy atom. The monoisotopic (exact) mass is 211 g/mol. The number of carbonyl (C=O) groups is 1. The molecule has 0 aliphatic carbocycles. The molecule has 1 amide bonds. The van der Waals surface area contributed by atoms with Crippen molar-refractivity contribution >= 4 is 5.91 Å². The van der Waals surface area contributed by atoms with Gasteiger partial charge in [0, 0.05) is 5.54 Å². The third-order valence-electron chi connectivity index (χ3n) is 1.99. The van der Waals surface area contributed by atoms with Crippen molar-refractivity contribution in [3.63, 3.8) is 0 Å². The molecule has 0 aromatic rings. The lowest BCUT2D eigenvalue weighted by Gasteiger charge is -2.18. The van der Waals surface area contributed by atoms with E-state index >= 15 is 0 Å². The average Bonchev–Trinajstić information content (AvgIpc) is 2.08. The smallest absolute Gasteiger partial charge is 0.244 e. The Morgan fingerprint density at radius 1 is 1.20 bits per heavy atom. The van der Waals surface area contributed by atoms with Gasteiger partial charge in [-0.25, -0.2) is 0 Å². The normalized spacial score (nSPS) is 12.0. The summed E-state index contributed by atoms with van der Waals surface area (Å²) in [7, 11) is 0. The summed E-state index contributed by atoms with van der Waals surface area (Å²) in [6, 6.07) is 0. The zero-order chi connectivity index (χ0) is 11.7. The fourth-order valence-electron chi connectivity index (χ4n) is 1.29. The third-order valence-corrected chi connectivity index (χ3v) is 1.99. The molecule has 1 N–H and O–H groups in total. The van der Waals surface area contributed by atoms with Crippen LogP contribution in [0.25, 0.3) is 0 Å². The van der Waals surface area contributed by atoms with E-state index in [1.54, 1.807) is 6.08 Å². The van der Waals surface area contributed by atoms with Crippen LogP contribution in [0.1, 0.15) is 59.8 Å². The highest BCUT2D eigenvalue weighted by atomic mass is 16.1. The van der Waals surface area contributed by atoms with Crippen LogP contribution < -0.4 is 5.32 Å². The van der Waals surface area contributed by atoms with Gasteiger partial charge in [0.2, 0.25) is 5.91 Å². The summed E-state index contributed by atoms with van der Waals surface area (Å²) in [6.07, 6.45) is 9.64. The Hall–Kier alpha value is -0.790. The van der Waals surface area contributed by atoms with Crippen LogP contribution in [0.2, 0.25) is 0 Å². The third kappa shape index (κ3) is 11.1. The summed E-state index contributed by atoms with van der Waals surface area (Å²) < 4.78 is 0. The molecule has 0 heterocycles. The molecule has 0 aromatic carbocycles. The second-order valence-electron chi connectivity index (χ2n) is 4.99. The molecule has 0 fully saturated rings. The number of hydrogen-bond donors (Lipinski definition) is 1. The minimum atomic E-state index is -0.135. The van der Waals surface area contributed by atoms with Gasteiger partial charge >= 0.3 is 0 Å². The van der Waals surface area contributed by atoms with Gasteiger partial charge in [-0.3, -0.25) is 4.79 Å². The number of rotatable bonds is 6. The van der Waals surface area contributed by atoms with E-state index in [0.29, 0.717) is 0 Å². The van der Waals surface area contributed by atoms with E-state index in [-0.39, 0.29) is 11.4 Å². The molecular formula is C13H25NO. The molecule has 0 unspecified atom stereocenters. The Morgan fingerprint density at radius 3 is 2.40 bits per heavy atom.